The van der Waals surface area contributed by atoms with Crippen molar-refractivity contribution in [2.24, 2.45) is 0 Å². The minimum absolute atomic E-state index is 0.0181. The second-order valence-electron chi connectivity index (χ2n) is 13.4. The summed E-state index contributed by atoms with van der Waals surface area (Å²) in [7, 11) is 0. The number of phenols is 1. The Morgan fingerprint density at radius 3 is 2.34 bits per heavy atom. The van der Waals surface area contributed by atoms with Gasteiger partial charge in [0.25, 0.3) is 5.91 Å². The Bertz CT molecular complexity index is 1500. The van der Waals surface area contributed by atoms with E-state index in [2.05, 4.69) is 5.32 Å². The molecule has 4 aliphatic heterocycles. The molecule has 4 aliphatic rings. The van der Waals surface area contributed by atoms with Crippen LogP contribution >= 0.6 is 0 Å². The van der Waals surface area contributed by atoms with Crippen LogP contribution in [0.5, 0.6) is 5.75 Å². The summed E-state index contributed by atoms with van der Waals surface area (Å²) in [4.78, 5) is 59.6. The number of urea groups is 1. The van der Waals surface area contributed by atoms with Gasteiger partial charge in [0, 0.05) is 56.9 Å². The molecule has 47 heavy (non-hydrogen) atoms. The smallest absolute Gasteiger partial charge is 0.410 e. The molecule has 0 radical (unpaired) electrons. The molecule has 0 spiro atoms. The number of aliphatic carboxylic acids is 1. The van der Waals surface area contributed by atoms with Crippen molar-refractivity contribution in [3.05, 3.63) is 58.7 Å². The third-order valence-corrected chi connectivity index (χ3v) is 10.3. The molecular weight excluding hydrogens is 602 g/mol. The molecule has 4 heterocycles. The SMILES string of the molecule is Cc1cc(C[C@@H](OC(=O)N2CCC(N3CCc4ccccc4NC3=O)CC2)C(=O)N2CCC(N3CCC[C@@H]3C(=O)O)C2)cc(C)c1O. The number of piperidine rings is 1. The van der Waals surface area contributed by atoms with Crippen LogP contribution in [0.25, 0.3) is 0 Å². The molecule has 3 atom stereocenters. The Balaban J connectivity index is 1.11. The maximum absolute atomic E-state index is 14.0. The van der Waals surface area contributed by atoms with Crippen molar-refractivity contribution in [1.29, 1.82) is 0 Å². The predicted molar refractivity (Wildman–Crippen MR) is 174 cm³/mol. The maximum Gasteiger partial charge on any atom is 0.410 e. The van der Waals surface area contributed by atoms with E-state index in [9.17, 15) is 29.4 Å². The van der Waals surface area contributed by atoms with Crippen LogP contribution in [-0.4, -0.2) is 117 Å². The number of para-hydroxylation sites is 1. The number of anilines is 1. The molecule has 3 fully saturated rings. The monoisotopic (exact) mass is 647 g/mol. The van der Waals surface area contributed by atoms with E-state index in [0.717, 1.165) is 29.7 Å². The highest BCUT2D eigenvalue weighted by Crippen LogP contribution is 2.29. The molecule has 6 rings (SSSR count). The number of carboxylic acid groups (broad SMARTS) is 1. The van der Waals surface area contributed by atoms with Gasteiger partial charge >= 0.3 is 18.1 Å². The van der Waals surface area contributed by atoms with E-state index in [4.69, 9.17) is 4.74 Å². The standard InChI is InChI=1S/C35H45N5O7/c1-22-18-24(19-23(2)31(22)41)20-30(32(42)38-16-12-27(21-38)39-13-5-8-29(39)33(43)44)47-35(46)37-14-10-26(11-15-37)40-17-9-25-6-3-4-7-28(25)36-34(40)45/h3-4,6-7,18-19,26-27,29-30,41H,5,8-17,20-21H2,1-2H3,(H,36,45)(H,43,44)/t27?,29-,30-/m1/s1. The minimum Gasteiger partial charge on any atom is -0.507 e. The first kappa shape index (κ1) is 32.6. The van der Waals surface area contributed by atoms with E-state index in [0.29, 0.717) is 76.1 Å². The van der Waals surface area contributed by atoms with Crippen molar-refractivity contribution >= 4 is 29.7 Å². The maximum atomic E-state index is 14.0. The summed E-state index contributed by atoms with van der Waals surface area (Å²) in [5.41, 5.74) is 4.07. The number of carboxylic acids is 1. The molecule has 3 saturated heterocycles. The molecule has 0 aromatic heterocycles. The number of fused-ring (bicyclic) bond motifs is 1. The van der Waals surface area contributed by atoms with E-state index < -0.39 is 24.2 Å². The number of carbonyl (C=O) groups is 4. The van der Waals surface area contributed by atoms with Gasteiger partial charge in [-0.25, -0.2) is 9.59 Å². The number of rotatable bonds is 7. The van der Waals surface area contributed by atoms with Crippen LogP contribution in [0, 0.1) is 13.8 Å². The lowest BCUT2D eigenvalue weighted by Gasteiger charge is -2.38. The summed E-state index contributed by atoms with van der Waals surface area (Å²) < 4.78 is 6.00. The molecule has 0 saturated carbocycles. The van der Waals surface area contributed by atoms with Gasteiger partial charge in [0.15, 0.2) is 6.10 Å². The molecule has 12 heteroatoms. The first-order chi connectivity index (χ1) is 22.6. The largest absolute Gasteiger partial charge is 0.507 e. The Labute approximate surface area is 275 Å². The van der Waals surface area contributed by atoms with Gasteiger partial charge in [0.1, 0.15) is 11.8 Å². The fraction of sp³-hybridized carbons (Fsp3) is 0.543. The Hall–Kier alpha value is -4.32. The Morgan fingerprint density at radius 1 is 0.936 bits per heavy atom. The third-order valence-electron chi connectivity index (χ3n) is 10.3. The number of aryl methyl sites for hydroxylation is 2. The lowest BCUT2D eigenvalue weighted by Crippen LogP contribution is -2.51. The van der Waals surface area contributed by atoms with Gasteiger partial charge in [-0.2, -0.15) is 0 Å². The zero-order valence-corrected chi connectivity index (χ0v) is 27.2. The number of hydrogen-bond acceptors (Lipinski definition) is 7. The highest BCUT2D eigenvalue weighted by atomic mass is 16.6. The van der Waals surface area contributed by atoms with E-state index in [-0.39, 0.29) is 36.2 Å². The summed E-state index contributed by atoms with van der Waals surface area (Å²) in [6.07, 6.45) is 2.54. The van der Waals surface area contributed by atoms with Crippen LogP contribution in [-0.2, 0) is 27.2 Å². The van der Waals surface area contributed by atoms with Crippen molar-refractivity contribution in [3.8, 4) is 5.75 Å². The quantitative estimate of drug-likeness (QED) is 0.413. The molecule has 3 N–H and O–H groups in total. The average Bonchev–Trinajstić information content (AvgIpc) is 3.71. The molecular formula is C35H45N5O7. The van der Waals surface area contributed by atoms with Crippen molar-refractivity contribution in [2.45, 2.75) is 83.0 Å². The summed E-state index contributed by atoms with van der Waals surface area (Å²) in [5, 5.41) is 23.0. The molecule has 0 bridgehead atoms. The number of nitrogens with one attached hydrogen (secondary N) is 1. The molecule has 4 amide bonds. The number of amides is 4. The number of benzene rings is 2. The van der Waals surface area contributed by atoms with Gasteiger partial charge in [-0.1, -0.05) is 30.3 Å². The Kier molecular flexibility index (Phi) is 9.58. The van der Waals surface area contributed by atoms with Gasteiger partial charge in [-0.15, -0.1) is 0 Å². The number of carbonyl (C=O) groups excluding carboxylic acids is 3. The minimum atomic E-state index is -1.08. The molecule has 12 nitrogen and oxygen atoms in total. The van der Waals surface area contributed by atoms with E-state index in [1.54, 1.807) is 35.8 Å². The number of likely N-dealkylation sites (tertiary alicyclic amines) is 3. The molecule has 1 unspecified atom stereocenters. The van der Waals surface area contributed by atoms with Crippen LogP contribution in [0.15, 0.2) is 36.4 Å². The van der Waals surface area contributed by atoms with Crippen LogP contribution in [0.2, 0.25) is 0 Å². The van der Waals surface area contributed by atoms with Crippen molar-refractivity contribution in [3.63, 3.8) is 0 Å². The van der Waals surface area contributed by atoms with Gasteiger partial charge in [0.05, 0.1) is 0 Å². The molecule has 2 aromatic carbocycles. The summed E-state index contributed by atoms with van der Waals surface area (Å²) in [6, 6.07) is 10.7. The second-order valence-corrected chi connectivity index (χ2v) is 13.4. The van der Waals surface area contributed by atoms with Gasteiger partial charge in [0.2, 0.25) is 0 Å². The highest BCUT2D eigenvalue weighted by molar-refractivity contribution is 5.91. The van der Waals surface area contributed by atoms with Crippen molar-refractivity contribution < 1.29 is 34.1 Å². The summed E-state index contributed by atoms with van der Waals surface area (Å²) >= 11 is 0. The molecule has 2 aromatic rings. The van der Waals surface area contributed by atoms with Crippen molar-refractivity contribution in [1.82, 2.24) is 19.6 Å². The average molecular weight is 648 g/mol. The topological polar surface area (TPSA) is 143 Å². The van der Waals surface area contributed by atoms with E-state index >= 15 is 0 Å². The van der Waals surface area contributed by atoms with E-state index in [1.807, 2.05) is 34.1 Å². The van der Waals surface area contributed by atoms with Gasteiger partial charge in [-0.3, -0.25) is 14.5 Å². The number of nitrogens with zero attached hydrogens (tertiary/aromatic N) is 4. The fourth-order valence-electron chi connectivity index (χ4n) is 7.76. The number of ether oxygens (including phenoxy) is 1. The first-order valence-corrected chi connectivity index (χ1v) is 16.8. The van der Waals surface area contributed by atoms with Crippen LogP contribution < -0.4 is 5.32 Å². The molecule has 252 valence electrons. The summed E-state index contributed by atoms with van der Waals surface area (Å²) in [5.74, 6) is -0.937. The van der Waals surface area contributed by atoms with Crippen molar-refractivity contribution in [2.75, 3.05) is 44.6 Å². The van der Waals surface area contributed by atoms with Crippen LogP contribution in [0.3, 0.4) is 0 Å². The number of aromatic hydroxyl groups is 1. The molecule has 0 aliphatic carbocycles. The second kappa shape index (κ2) is 13.8. The van der Waals surface area contributed by atoms with Crippen LogP contribution in [0.1, 0.15) is 54.4 Å². The van der Waals surface area contributed by atoms with Crippen LogP contribution in [0.4, 0.5) is 15.3 Å². The number of phenolic OH excluding ortho intramolecular Hbond substituents is 1. The number of hydrogen-bond donors (Lipinski definition) is 3. The lowest BCUT2D eigenvalue weighted by molar-refractivity contribution is -0.143. The van der Waals surface area contributed by atoms with Gasteiger partial charge < -0.3 is 35.0 Å². The normalized spacial score (nSPS) is 22.9. The fourth-order valence-corrected chi connectivity index (χ4v) is 7.76. The van der Waals surface area contributed by atoms with E-state index in [1.165, 1.54) is 0 Å². The lowest BCUT2D eigenvalue weighted by atomic mass is 10.0. The summed E-state index contributed by atoms with van der Waals surface area (Å²) in [6.45, 7) is 6.52. The Morgan fingerprint density at radius 2 is 1.62 bits per heavy atom. The first-order valence-electron chi connectivity index (χ1n) is 16.8. The highest BCUT2D eigenvalue weighted by Gasteiger charge is 2.41. The zero-order valence-electron chi connectivity index (χ0n) is 27.2. The predicted octanol–water partition coefficient (Wildman–Crippen LogP) is 3.76. The van der Waals surface area contributed by atoms with Gasteiger partial charge in [-0.05, 0) is 87.2 Å². The third kappa shape index (κ3) is 7.02. The zero-order chi connectivity index (χ0) is 33.2.